The highest BCUT2D eigenvalue weighted by Gasteiger charge is 2.19. The third-order valence-corrected chi connectivity index (χ3v) is 3.55. The Bertz CT molecular complexity index is 834. The number of halogens is 1. The minimum Gasteiger partial charge on any atom is -0.480 e. The zero-order valence-electron chi connectivity index (χ0n) is 16.2. The second kappa shape index (κ2) is 15.5. The second-order valence-electron chi connectivity index (χ2n) is 5.68. The van der Waals surface area contributed by atoms with Crippen LogP contribution in [0.25, 0.3) is 0 Å². The van der Waals surface area contributed by atoms with Gasteiger partial charge in [-0.2, -0.15) is 0 Å². The topological polar surface area (TPSA) is 187 Å². The van der Waals surface area contributed by atoms with E-state index in [4.69, 9.17) is 37.8 Å². The number of nitrogens with two attached hydrogens (primary N) is 1. The van der Waals surface area contributed by atoms with E-state index in [0.29, 0.717) is 11.1 Å². The Balaban J connectivity index is 0.000000479. The van der Waals surface area contributed by atoms with E-state index in [0.717, 1.165) is 0 Å². The molecule has 11 heteroatoms. The zero-order valence-corrected chi connectivity index (χ0v) is 17.0. The number of rotatable bonds is 7. The number of carbonyl (C=O) groups is 4. The van der Waals surface area contributed by atoms with Crippen LogP contribution in [-0.2, 0) is 9.59 Å². The van der Waals surface area contributed by atoms with Crippen LogP contribution in [0.5, 0.6) is 0 Å². The summed E-state index contributed by atoms with van der Waals surface area (Å²) >= 11 is 5.16. The summed E-state index contributed by atoms with van der Waals surface area (Å²) in [5.41, 5.74) is 5.67. The predicted molar refractivity (Wildman–Crippen MR) is 112 cm³/mol. The van der Waals surface area contributed by atoms with Gasteiger partial charge in [-0.25, -0.2) is 4.79 Å². The normalized spacial score (nSPS) is 11.4. The Labute approximate surface area is 182 Å². The van der Waals surface area contributed by atoms with E-state index in [1.165, 1.54) is 0 Å². The fraction of sp³-hybridized carbons (Fsp3) is 0.200. The average Bonchev–Trinajstić information content (AvgIpc) is 2.78. The SMILES string of the molecule is N[C@H](CO)C(=O)O.O=C(Cl)c1ccccc1.O=C(N[C@H](CO)C(=O)O)c1ccccc1. The number of nitrogens with one attached hydrogen (secondary N) is 1. The Morgan fingerprint density at radius 3 is 1.52 bits per heavy atom. The minimum absolute atomic E-state index is 0.359. The highest BCUT2D eigenvalue weighted by Crippen LogP contribution is 2.01. The van der Waals surface area contributed by atoms with Crippen molar-refractivity contribution in [3.8, 4) is 0 Å². The predicted octanol–water partition coefficient (Wildman–Crippen LogP) is 0.318. The number of amides is 1. The lowest BCUT2D eigenvalue weighted by atomic mass is 10.2. The number of carboxylic acid groups (broad SMARTS) is 2. The van der Waals surface area contributed by atoms with Gasteiger partial charge in [-0.3, -0.25) is 14.4 Å². The van der Waals surface area contributed by atoms with Crippen LogP contribution in [-0.4, -0.2) is 68.8 Å². The molecule has 0 unspecified atom stereocenters. The zero-order chi connectivity index (χ0) is 23.8. The minimum atomic E-state index is -1.27. The van der Waals surface area contributed by atoms with Gasteiger partial charge in [0, 0.05) is 11.1 Å². The van der Waals surface area contributed by atoms with Gasteiger partial charge in [0.1, 0.15) is 6.04 Å². The van der Waals surface area contributed by atoms with Crippen molar-refractivity contribution < 1.29 is 39.6 Å². The number of carboxylic acids is 2. The first-order valence-electron chi connectivity index (χ1n) is 8.67. The Kier molecular flexibility index (Phi) is 13.9. The Hall–Kier alpha value is -3.31. The van der Waals surface area contributed by atoms with Gasteiger partial charge in [0.15, 0.2) is 6.04 Å². The largest absolute Gasteiger partial charge is 0.480 e. The lowest BCUT2D eigenvalue weighted by molar-refractivity contribution is -0.140. The van der Waals surface area contributed by atoms with Crippen LogP contribution < -0.4 is 11.1 Å². The molecule has 0 heterocycles. The van der Waals surface area contributed by atoms with Crippen molar-refractivity contribution in [1.82, 2.24) is 5.32 Å². The molecule has 1 amide bonds. The molecule has 10 nitrogen and oxygen atoms in total. The number of carbonyl (C=O) groups excluding carboxylic acids is 2. The second-order valence-corrected chi connectivity index (χ2v) is 6.02. The highest BCUT2D eigenvalue weighted by molar-refractivity contribution is 6.67. The van der Waals surface area contributed by atoms with Crippen molar-refractivity contribution in [3.63, 3.8) is 0 Å². The maximum Gasteiger partial charge on any atom is 0.328 e. The van der Waals surface area contributed by atoms with Crippen molar-refractivity contribution in [1.29, 1.82) is 0 Å². The van der Waals surface area contributed by atoms with Crippen LogP contribution in [0.2, 0.25) is 0 Å². The first kappa shape index (κ1) is 27.7. The molecule has 2 rings (SSSR count). The molecule has 0 aliphatic heterocycles. The summed E-state index contributed by atoms with van der Waals surface area (Å²) in [4.78, 5) is 42.0. The summed E-state index contributed by atoms with van der Waals surface area (Å²) in [5.74, 6) is -2.96. The standard InChI is InChI=1S/C10H11NO4.C7H5ClO.C3H7NO3/c12-6-8(10(14)15)11-9(13)7-4-2-1-3-5-7;8-7(9)6-4-2-1-3-5-6;4-2(1-5)3(6)7/h1-5,8,12H,6H2,(H,11,13)(H,14,15);1-5H;2,5H,1,4H2,(H,6,7)/t8-;;2-/m1.1/s1. The summed E-state index contributed by atoms with van der Waals surface area (Å²) in [6.07, 6.45) is 0. The molecule has 168 valence electrons. The van der Waals surface area contributed by atoms with E-state index in [2.05, 4.69) is 5.32 Å². The molecule has 0 spiro atoms. The summed E-state index contributed by atoms with van der Waals surface area (Å²) in [5, 5.41) is 35.0. The molecule has 2 atom stereocenters. The van der Waals surface area contributed by atoms with Gasteiger partial charge in [0.05, 0.1) is 13.2 Å². The molecular weight excluding hydrogens is 432 g/mol. The van der Waals surface area contributed by atoms with Crippen LogP contribution in [0.4, 0.5) is 0 Å². The molecule has 0 saturated carbocycles. The molecule has 0 fully saturated rings. The molecule has 7 N–H and O–H groups in total. The van der Waals surface area contributed by atoms with Crippen molar-refractivity contribution in [2.75, 3.05) is 13.2 Å². The van der Waals surface area contributed by atoms with Crippen LogP contribution in [0.15, 0.2) is 60.7 Å². The van der Waals surface area contributed by atoms with Crippen LogP contribution in [0.1, 0.15) is 20.7 Å². The van der Waals surface area contributed by atoms with Gasteiger partial charge >= 0.3 is 11.9 Å². The number of aliphatic hydroxyl groups excluding tert-OH is 2. The molecule has 0 saturated heterocycles. The van der Waals surface area contributed by atoms with E-state index < -0.39 is 48.4 Å². The van der Waals surface area contributed by atoms with Crippen molar-refractivity contribution in [2.45, 2.75) is 12.1 Å². The number of benzene rings is 2. The smallest absolute Gasteiger partial charge is 0.328 e. The fourth-order valence-corrected chi connectivity index (χ4v) is 1.79. The van der Waals surface area contributed by atoms with Crippen LogP contribution >= 0.6 is 11.6 Å². The highest BCUT2D eigenvalue weighted by atomic mass is 35.5. The summed E-state index contributed by atoms with van der Waals surface area (Å²) in [6.45, 7) is -1.14. The monoisotopic (exact) mass is 454 g/mol. The van der Waals surface area contributed by atoms with Gasteiger partial charge in [-0.1, -0.05) is 48.5 Å². The van der Waals surface area contributed by atoms with Crippen LogP contribution in [0.3, 0.4) is 0 Å². The summed E-state index contributed by atoms with van der Waals surface area (Å²) < 4.78 is 0. The molecule has 0 aromatic heterocycles. The lowest BCUT2D eigenvalue weighted by Crippen LogP contribution is -2.43. The van der Waals surface area contributed by atoms with E-state index >= 15 is 0 Å². The average molecular weight is 455 g/mol. The molecule has 2 aromatic carbocycles. The van der Waals surface area contributed by atoms with E-state index in [1.807, 2.05) is 6.07 Å². The van der Waals surface area contributed by atoms with E-state index in [9.17, 15) is 19.2 Å². The maximum atomic E-state index is 11.4. The van der Waals surface area contributed by atoms with Crippen molar-refractivity contribution in [3.05, 3.63) is 71.8 Å². The quantitative estimate of drug-likeness (QED) is 0.320. The molecule has 2 aromatic rings. The third kappa shape index (κ3) is 12.1. The Morgan fingerprint density at radius 2 is 1.26 bits per heavy atom. The number of aliphatic carboxylic acids is 2. The molecule has 0 aliphatic rings. The lowest BCUT2D eigenvalue weighted by Gasteiger charge is -2.11. The summed E-state index contributed by atoms with van der Waals surface area (Å²) in [7, 11) is 0. The fourth-order valence-electron chi connectivity index (χ4n) is 1.66. The van der Waals surface area contributed by atoms with E-state index in [1.54, 1.807) is 54.6 Å². The third-order valence-electron chi connectivity index (χ3n) is 3.34. The first-order chi connectivity index (χ1) is 14.6. The van der Waals surface area contributed by atoms with Gasteiger partial charge in [0.25, 0.3) is 11.1 Å². The number of aliphatic hydroxyl groups is 2. The molecular formula is C20H23ClN2O8. The van der Waals surface area contributed by atoms with Crippen molar-refractivity contribution >= 4 is 34.7 Å². The Morgan fingerprint density at radius 1 is 0.806 bits per heavy atom. The van der Waals surface area contributed by atoms with Crippen molar-refractivity contribution in [2.24, 2.45) is 5.73 Å². The van der Waals surface area contributed by atoms with Gasteiger partial charge in [-0.15, -0.1) is 0 Å². The first-order valence-corrected chi connectivity index (χ1v) is 9.05. The molecule has 31 heavy (non-hydrogen) atoms. The maximum absolute atomic E-state index is 11.4. The molecule has 0 radical (unpaired) electrons. The van der Waals surface area contributed by atoms with Crippen LogP contribution in [0, 0.1) is 0 Å². The van der Waals surface area contributed by atoms with Gasteiger partial charge < -0.3 is 31.5 Å². The van der Waals surface area contributed by atoms with Gasteiger partial charge in [0.2, 0.25) is 0 Å². The summed E-state index contributed by atoms with van der Waals surface area (Å²) in [6, 6.07) is 14.6. The molecule has 0 bridgehead atoms. The van der Waals surface area contributed by atoms with Gasteiger partial charge in [-0.05, 0) is 23.7 Å². The number of hydrogen-bond donors (Lipinski definition) is 6. The van der Waals surface area contributed by atoms with E-state index in [-0.39, 0.29) is 0 Å². The molecule has 0 aliphatic carbocycles. The number of hydrogen-bond acceptors (Lipinski definition) is 7.